The van der Waals surface area contributed by atoms with Crippen LogP contribution >= 0.6 is 0 Å². The Morgan fingerprint density at radius 1 is 1.64 bits per heavy atom. The van der Waals surface area contributed by atoms with Crippen LogP contribution in [0.5, 0.6) is 0 Å². The Hall–Kier alpha value is -0.770. The number of hydrogen-bond acceptors (Lipinski definition) is 2. The van der Waals surface area contributed by atoms with Gasteiger partial charge in [-0.3, -0.25) is 0 Å². The largest absolute Gasteiger partial charge is 0.352 e. The third-order valence-electron chi connectivity index (χ3n) is 1.72. The fraction of sp³-hybridized carbons (Fsp3) is 0.857. The summed E-state index contributed by atoms with van der Waals surface area (Å²) in [5.41, 5.74) is 10.3. The molecule has 0 radical (unpaired) electrons. The number of urea groups is 1. The van der Waals surface area contributed by atoms with Gasteiger partial charge in [-0.2, -0.15) is 0 Å². The van der Waals surface area contributed by atoms with E-state index in [4.69, 9.17) is 11.5 Å². The maximum Gasteiger partial charge on any atom is 0.312 e. The van der Waals surface area contributed by atoms with Crippen LogP contribution in [0.1, 0.15) is 19.8 Å². The smallest absolute Gasteiger partial charge is 0.312 e. The molecule has 66 valence electrons. The lowest BCUT2D eigenvalue weighted by Crippen LogP contribution is -2.34. The maximum atomic E-state index is 10.3. The first kappa shape index (κ1) is 10.2. The molecule has 0 spiro atoms. The van der Waals surface area contributed by atoms with Crippen molar-refractivity contribution in [1.82, 2.24) is 5.32 Å². The first-order valence-electron chi connectivity index (χ1n) is 3.94. The van der Waals surface area contributed by atoms with Crippen molar-refractivity contribution in [3.05, 3.63) is 0 Å². The molecule has 0 aliphatic rings. The van der Waals surface area contributed by atoms with Gasteiger partial charge in [-0.15, -0.1) is 0 Å². The Balaban J connectivity index is 3.43. The molecule has 0 fully saturated rings. The molecular weight excluding hydrogens is 142 g/mol. The second kappa shape index (κ2) is 5.97. The predicted octanol–water partition coefficient (Wildman–Crippen LogP) is 0.0297. The van der Waals surface area contributed by atoms with Crippen LogP contribution in [0.25, 0.3) is 0 Å². The topological polar surface area (TPSA) is 81.1 Å². The average Bonchev–Trinajstić information content (AvgIpc) is 1.97. The number of rotatable bonds is 5. The van der Waals surface area contributed by atoms with Gasteiger partial charge in [0.25, 0.3) is 0 Å². The number of carbonyl (C=O) groups is 1. The van der Waals surface area contributed by atoms with E-state index in [9.17, 15) is 4.79 Å². The van der Waals surface area contributed by atoms with Crippen LogP contribution in [0.2, 0.25) is 0 Å². The standard InChI is InChI=1S/C7H17N3O/c1-2-6(3-4-8)5-10-7(9)11/h6H,2-5,8H2,1H3,(H3,9,10,11). The normalized spacial score (nSPS) is 12.5. The lowest BCUT2D eigenvalue weighted by atomic mass is 10.0. The summed E-state index contributed by atoms with van der Waals surface area (Å²) in [5.74, 6) is 0.465. The van der Waals surface area contributed by atoms with Crippen LogP contribution in [0.3, 0.4) is 0 Å². The fourth-order valence-electron chi connectivity index (χ4n) is 0.931. The van der Waals surface area contributed by atoms with Gasteiger partial charge in [0, 0.05) is 6.54 Å². The van der Waals surface area contributed by atoms with Crippen LogP contribution in [0, 0.1) is 5.92 Å². The van der Waals surface area contributed by atoms with Crippen molar-refractivity contribution in [3.8, 4) is 0 Å². The summed E-state index contributed by atoms with van der Waals surface area (Å²) in [6, 6.07) is -0.458. The molecule has 0 aromatic rings. The molecule has 4 heteroatoms. The Labute approximate surface area is 67.3 Å². The summed E-state index contributed by atoms with van der Waals surface area (Å²) < 4.78 is 0. The maximum absolute atomic E-state index is 10.3. The summed E-state index contributed by atoms with van der Waals surface area (Å²) in [7, 11) is 0. The molecule has 2 amide bonds. The quantitative estimate of drug-likeness (QED) is 0.529. The number of hydrogen-bond donors (Lipinski definition) is 3. The van der Waals surface area contributed by atoms with Crippen LogP contribution in [-0.4, -0.2) is 19.1 Å². The second-order valence-electron chi connectivity index (χ2n) is 2.60. The summed E-state index contributed by atoms with van der Waals surface area (Å²) in [4.78, 5) is 10.3. The van der Waals surface area contributed by atoms with Gasteiger partial charge >= 0.3 is 6.03 Å². The molecule has 0 saturated heterocycles. The Morgan fingerprint density at radius 3 is 2.64 bits per heavy atom. The van der Waals surface area contributed by atoms with Crippen molar-refractivity contribution < 1.29 is 4.79 Å². The van der Waals surface area contributed by atoms with Gasteiger partial charge in [0.15, 0.2) is 0 Å². The molecule has 1 unspecified atom stereocenters. The van der Waals surface area contributed by atoms with Gasteiger partial charge < -0.3 is 16.8 Å². The molecule has 0 aromatic heterocycles. The van der Waals surface area contributed by atoms with Crippen molar-refractivity contribution in [2.45, 2.75) is 19.8 Å². The van der Waals surface area contributed by atoms with Crippen LogP contribution in [0.15, 0.2) is 0 Å². The number of nitrogens with two attached hydrogens (primary N) is 2. The predicted molar refractivity (Wildman–Crippen MR) is 45.0 cm³/mol. The highest BCUT2D eigenvalue weighted by Crippen LogP contribution is 2.04. The van der Waals surface area contributed by atoms with Crippen molar-refractivity contribution in [2.24, 2.45) is 17.4 Å². The lowest BCUT2D eigenvalue weighted by molar-refractivity contribution is 0.246. The fourth-order valence-corrected chi connectivity index (χ4v) is 0.931. The van der Waals surface area contributed by atoms with E-state index in [1.165, 1.54) is 0 Å². The molecule has 0 bridgehead atoms. The molecule has 0 rings (SSSR count). The number of primary amides is 1. The monoisotopic (exact) mass is 159 g/mol. The van der Waals surface area contributed by atoms with Gasteiger partial charge in [0.05, 0.1) is 0 Å². The molecule has 0 aromatic carbocycles. The van der Waals surface area contributed by atoms with E-state index in [0.717, 1.165) is 12.8 Å². The highest BCUT2D eigenvalue weighted by atomic mass is 16.2. The summed E-state index contributed by atoms with van der Waals surface area (Å²) in [6.07, 6.45) is 1.97. The van der Waals surface area contributed by atoms with E-state index < -0.39 is 6.03 Å². The molecule has 4 nitrogen and oxygen atoms in total. The lowest BCUT2D eigenvalue weighted by Gasteiger charge is -2.12. The van der Waals surface area contributed by atoms with Crippen LogP contribution < -0.4 is 16.8 Å². The molecule has 0 aliphatic carbocycles. The minimum atomic E-state index is -0.458. The van der Waals surface area contributed by atoms with Crippen LogP contribution in [-0.2, 0) is 0 Å². The average molecular weight is 159 g/mol. The Morgan fingerprint density at radius 2 is 2.27 bits per heavy atom. The first-order chi connectivity index (χ1) is 5.20. The molecule has 5 N–H and O–H groups in total. The van der Waals surface area contributed by atoms with Crippen molar-refractivity contribution in [2.75, 3.05) is 13.1 Å². The summed E-state index contributed by atoms with van der Waals surface area (Å²) in [5, 5.41) is 2.56. The van der Waals surface area contributed by atoms with E-state index in [-0.39, 0.29) is 0 Å². The minimum absolute atomic E-state index is 0.458. The van der Waals surface area contributed by atoms with E-state index in [0.29, 0.717) is 19.0 Å². The van der Waals surface area contributed by atoms with Crippen molar-refractivity contribution in [1.29, 1.82) is 0 Å². The van der Waals surface area contributed by atoms with E-state index in [1.807, 2.05) is 0 Å². The molecule has 0 aliphatic heterocycles. The van der Waals surface area contributed by atoms with Gasteiger partial charge in [0.2, 0.25) is 0 Å². The molecule has 0 saturated carbocycles. The Kier molecular flexibility index (Phi) is 5.56. The summed E-state index contributed by atoms with van der Waals surface area (Å²) in [6.45, 7) is 3.38. The van der Waals surface area contributed by atoms with E-state index in [2.05, 4.69) is 12.2 Å². The second-order valence-corrected chi connectivity index (χ2v) is 2.60. The first-order valence-corrected chi connectivity index (χ1v) is 3.94. The molecule has 1 atom stereocenters. The van der Waals surface area contributed by atoms with Gasteiger partial charge in [-0.05, 0) is 18.9 Å². The van der Waals surface area contributed by atoms with Gasteiger partial charge in [-0.1, -0.05) is 13.3 Å². The van der Waals surface area contributed by atoms with E-state index in [1.54, 1.807) is 0 Å². The molecule has 11 heavy (non-hydrogen) atoms. The zero-order valence-electron chi connectivity index (χ0n) is 6.97. The molecular formula is C7H17N3O. The zero-order chi connectivity index (χ0) is 8.69. The highest BCUT2D eigenvalue weighted by Gasteiger charge is 2.04. The third kappa shape index (κ3) is 5.66. The third-order valence-corrected chi connectivity index (χ3v) is 1.72. The van der Waals surface area contributed by atoms with Crippen molar-refractivity contribution >= 4 is 6.03 Å². The Bertz CT molecular complexity index is 116. The zero-order valence-corrected chi connectivity index (χ0v) is 6.97. The van der Waals surface area contributed by atoms with Crippen molar-refractivity contribution in [3.63, 3.8) is 0 Å². The van der Waals surface area contributed by atoms with Gasteiger partial charge in [0.1, 0.15) is 0 Å². The van der Waals surface area contributed by atoms with Crippen LogP contribution in [0.4, 0.5) is 4.79 Å². The minimum Gasteiger partial charge on any atom is -0.352 e. The SMILES string of the molecule is CCC(CCN)CNC(N)=O. The number of nitrogens with one attached hydrogen (secondary N) is 1. The number of carbonyl (C=O) groups excluding carboxylic acids is 1. The summed E-state index contributed by atoms with van der Waals surface area (Å²) >= 11 is 0. The molecule has 0 heterocycles. The van der Waals surface area contributed by atoms with E-state index >= 15 is 0 Å². The number of amides is 2. The highest BCUT2D eigenvalue weighted by molar-refractivity contribution is 5.71. The van der Waals surface area contributed by atoms with Gasteiger partial charge in [-0.25, -0.2) is 4.79 Å².